The van der Waals surface area contributed by atoms with E-state index in [9.17, 15) is 14.4 Å². The minimum absolute atomic E-state index is 0.210. The highest BCUT2D eigenvalue weighted by Gasteiger charge is 2.31. The molecule has 9 heteroatoms. The Labute approximate surface area is 196 Å². The number of rotatable bonds is 7. The summed E-state index contributed by atoms with van der Waals surface area (Å²) in [4.78, 5) is 36.9. The fourth-order valence-electron chi connectivity index (χ4n) is 3.97. The van der Waals surface area contributed by atoms with Crippen LogP contribution in [0.2, 0.25) is 0 Å². The number of carboxylic acids is 1. The highest BCUT2D eigenvalue weighted by atomic mass is 16.5. The second-order valence-electron chi connectivity index (χ2n) is 7.95. The minimum atomic E-state index is -1.18. The molecular formula is C25H24N4O5. The number of ketones is 1. The average Bonchev–Trinajstić information content (AvgIpc) is 3.43. The predicted molar refractivity (Wildman–Crippen MR) is 126 cm³/mol. The Balaban J connectivity index is 1.57. The van der Waals surface area contributed by atoms with Crippen molar-refractivity contribution in [3.8, 4) is 22.8 Å². The lowest BCUT2D eigenvalue weighted by Gasteiger charge is -2.15. The summed E-state index contributed by atoms with van der Waals surface area (Å²) >= 11 is 0. The van der Waals surface area contributed by atoms with Crippen LogP contribution in [0.1, 0.15) is 29.7 Å². The van der Waals surface area contributed by atoms with Gasteiger partial charge >= 0.3 is 5.97 Å². The maximum atomic E-state index is 12.4. The van der Waals surface area contributed by atoms with Crippen LogP contribution in [-0.4, -0.2) is 50.5 Å². The molecule has 2 aromatic carbocycles. The van der Waals surface area contributed by atoms with E-state index in [1.165, 1.54) is 11.8 Å². The van der Waals surface area contributed by atoms with Crippen molar-refractivity contribution in [2.24, 2.45) is 0 Å². The standard InChI is InChI=1S/C25H24N4O5/c1-16(30)23-24(17-7-9-20(10-8-17)34-19-5-3-2-4-6-19)27-29(25(23)26)18-13-14-28(15-18)21(31)11-12-22(32)33/h2-12,18H,13-15,26H2,1H3,(H,32,33)/b12-11-/t18-/m1/s1. The number of Topliss-reactive ketones (excluding diaryl/α,β-unsaturated/α-hetero) is 1. The molecule has 1 aromatic heterocycles. The number of aromatic nitrogens is 2. The van der Waals surface area contributed by atoms with Gasteiger partial charge in [0.25, 0.3) is 0 Å². The number of carbonyl (C=O) groups excluding carboxylic acids is 2. The van der Waals surface area contributed by atoms with Crippen LogP contribution in [0, 0.1) is 0 Å². The Hall–Kier alpha value is -4.40. The van der Waals surface area contributed by atoms with Crippen molar-refractivity contribution < 1.29 is 24.2 Å². The van der Waals surface area contributed by atoms with Crippen molar-refractivity contribution >= 4 is 23.5 Å². The van der Waals surface area contributed by atoms with Gasteiger partial charge in [-0.2, -0.15) is 5.10 Å². The predicted octanol–water partition coefficient (Wildman–Crippen LogP) is 3.54. The van der Waals surface area contributed by atoms with Gasteiger partial charge in [-0.1, -0.05) is 18.2 Å². The number of hydrogen-bond donors (Lipinski definition) is 2. The molecule has 0 saturated carbocycles. The first-order chi connectivity index (χ1) is 16.3. The lowest BCUT2D eigenvalue weighted by molar-refractivity contribution is -0.132. The molecular weight excluding hydrogens is 436 g/mol. The smallest absolute Gasteiger partial charge is 0.328 e. The fourth-order valence-corrected chi connectivity index (χ4v) is 3.97. The van der Waals surface area contributed by atoms with E-state index in [4.69, 9.17) is 15.6 Å². The summed E-state index contributed by atoms with van der Waals surface area (Å²) in [6.07, 6.45) is 2.43. The number of carbonyl (C=O) groups is 3. The molecule has 174 valence electrons. The molecule has 1 aliphatic rings. The van der Waals surface area contributed by atoms with Gasteiger partial charge in [0.1, 0.15) is 23.0 Å². The van der Waals surface area contributed by atoms with Crippen molar-refractivity contribution in [3.63, 3.8) is 0 Å². The first-order valence-corrected chi connectivity index (χ1v) is 10.8. The molecule has 9 nitrogen and oxygen atoms in total. The van der Waals surface area contributed by atoms with Gasteiger partial charge in [0.05, 0.1) is 11.6 Å². The maximum absolute atomic E-state index is 12.4. The number of nitrogens with two attached hydrogens (primary N) is 1. The molecule has 1 atom stereocenters. The SMILES string of the molecule is CC(=O)c1c(-c2ccc(Oc3ccccc3)cc2)nn([C@@H]2CCN(C(=O)/C=C\C(=O)O)C2)c1N. The lowest BCUT2D eigenvalue weighted by Crippen LogP contribution is -2.28. The van der Waals surface area contributed by atoms with Gasteiger partial charge in [-0.3, -0.25) is 9.59 Å². The third-order valence-electron chi connectivity index (χ3n) is 5.60. The van der Waals surface area contributed by atoms with E-state index in [0.717, 1.165) is 12.2 Å². The van der Waals surface area contributed by atoms with Gasteiger partial charge in [0.15, 0.2) is 5.78 Å². The molecule has 2 heterocycles. The van der Waals surface area contributed by atoms with Crippen molar-refractivity contribution in [2.45, 2.75) is 19.4 Å². The van der Waals surface area contributed by atoms with Crippen molar-refractivity contribution in [1.82, 2.24) is 14.7 Å². The second kappa shape index (κ2) is 9.62. The summed E-state index contributed by atoms with van der Waals surface area (Å²) < 4.78 is 7.42. The zero-order valence-corrected chi connectivity index (χ0v) is 18.5. The summed E-state index contributed by atoms with van der Waals surface area (Å²) in [5, 5.41) is 13.4. The number of nitrogen functional groups attached to an aromatic ring is 1. The molecule has 34 heavy (non-hydrogen) atoms. The number of anilines is 1. The molecule has 1 amide bonds. The first kappa shape index (κ1) is 22.8. The number of hydrogen-bond acceptors (Lipinski definition) is 6. The Morgan fingerprint density at radius 2 is 1.74 bits per heavy atom. The third-order valence-corrected chi connectivity index (χ3v) is 5.60. The summed E-state index contributed by atoms with van der Waals surface area (Å²) in [5.74, 6) is -0.183. The van der Waals surface area contributed by atoms with Crippen molar-refractivity contribution in [2.75, 3.05) is 18.8 Å². The van der Waals surface area contributed by atoms with Crippen LogP contribution in [0.15, 0.2) is 66.7 Å². The monoisotopic (exact) mass is 460 g/mol. The lowest BCUT2D eigenvalue weighted by atomic mass is 10.0. The molecule has 0 unspecified atom stereocenters. The number of nitrogens with zero attached hydrogens (tertiary/aromatic N) is 3. The molecule has 4 rings (SSSR count). The highest BCUT2D eigenvalue weighted by Crippen LogP contribution is 2.34. The molecule has 3 N–H and O–H groups in total. The third kappa shape index (κ3) is 4.83. The summed E-state index contributed by atoms with van der Waals surface area (Å²) in [6, 6.07) is 16.4. The normalized spacial score (nSPS) is 15.6. The quantitative estimate of drug-likeness (QED) is 0.408. The van der Waals surface area contributed by atoms with E-state index in [2.05, 4.69) is 5.10 Å². The molecule has 0 radical (unpaired) electrons. The van der Waals surface area contributed by atoms with E-state index in [1.54, 1.807) is 16.8 Å². The fraction of sp³-hybridized carbons (Fsp3) is 0.200. The Morgan fingerprint density at radius 3 is 2.38 bits per heavy atom. The Kier molecular flexibility index (Phi) is 6.44. The summed E-state index contributed by atoms with van der Waals surface area (Å²) in [6.45, 7) is 2.19. The van der Waals surface area contributed by atoms with Gasteiger partial charge in [-0.25, -0.2) is 9.48 Å². The van der Waals surface area contributed by atoms with Crippen LogP contribution in [0.5, 0.6) is 11.5 Å². The highest BCUT2D eigenvalue weighted by molar-refractivity contribution is 6.04. The van der Waals surface area contributed by atoms with E-state index in [0.29, 0.717) is 47.8 Å². The van der Waals surface area contributed by atoms with E-state index in [1.807, 2.05) is 42.5 Å². The van der Waals surface area contributed by atoms with Crippen LogP contribution >= 0.6 is 0 Å². The number of carboxylic acid groups (broad SMARTS) is 1. The van der Waals surface area contributed by atoms with E-state index in [-0.39, 0.29) is 17.6 Å². The number of likely N-dealkylation sites (tertiary alicyclic amines) is 1. The van der Waals surface area contributed by atoms with E-state index >= 15 is 0 Å². The van der Waals surface area contributed by atoms with Crippen LogP contribution in [-0.2, 0) is 9.59 Å². The summed E-state index contributed by atoms with van der Waals surface area (Å²) in [5.41, 5.74) is 7.84. The Morgan fingerprint density at radius 1 is 1.06 bits per heavy atom. The van der Waals surface area contributed by atoms with Gasteiger partial charge in [0, 0.05) is 30.8 Å². The summed E-state index contributed by atoms with van der Waals surface area (Å²) in [7, 11) is 0. The number of benzene rings is 2. The molecule has 1 aliphatic heterocycles. The average molecular weight is 460 g/mol. The van der Waals surface area contributed by atoms with Gasteiger partial charge in [-0.05, 0) is 49.7 Å². The molecule has 0 bridgehead atoms. The molecule has 3 aromatic rings. The van der Waals surface area contributed by atoms with Crippen LogP contribution in [0.3, 0.4) is 0 Å². The van der Waals surface area contributed by atoms with Gasteiger partial charge in [-0.15, -0.1) is 0 Å². The van der Waals surface area contributed by atoms with Gasteiger partial charge in [0.2, 0.25) is 5.91 Å². The number of aliphatic carboxylic acids is 1. The van der Waals surface area contributed by atoms with E-state index < -0.39 is 11.9 Å². The Bertz CT molecular complexity index is 1250. The molecule has 1 fully saturated rings. The van der Waals surface area contributed by atoms with Crippen LogP contribution in [0.4, 0.5) is 5.82 Å². The zero-order chi connectivity index (χ0) is 24.2. The first-order valence-electron chi connectivity index (χ1n) is 10.8. The van der Waals surface area contributed by atoms with Crippen LogP contribution in [0.25, 0.3) is 11.3 Å². The largest absolute Gasteiger partial charge is 0.478 e. The number of ether oxygens (including phenoxy) is 1. The minimum Gasteiger partial charge on any atom is -0.478 e. The number of amides is 1. The maximum Gasteiger partial charge on any atom is 0.328 e. The molecule has 0 spiro atoms. The zero-order valence-electron chi connectivity index (χ0n) is 18.5. The number of para-hydroxylation sites is 1. The molecule has 0 aliphatic carbocycles. The van der Waals surface area contributed by atoms with Gasteiger partial charge < -0.3 is 20.5 Å². The van der Waals surface area contributed by atoms with Crippen molar-refractivity contribution in [1.29, 1.82) is 0 Å². The topological polar surface area (TPSA) is 128 Å². The second-order valence-corrected chi connectivity index (χ2v) is 7.95. The van der Waals surface area contributed by atoms with Crippen molar-refractivity contribution in [3.05, 3.63) is 72.3 Å². The molecule has 1 saturated heterocycles. The van der Waals surface area contributed by atoms with Crippen LogP contribution < -0.4 is 10.5 Å².